The van der Waals surface area contributed by atoms with Gasteiger partial charge in [0.1, 0.15) is 5.01 Å². The zero-order valence-electron chi connectivity index (χ0n) is 9.65. The largest absolute Gasteiger partial charge is 0.381 e. The first-order valence-corrected chi connectivity index (χ1v) is 6.59. The van der Waals surface area contributed by atoms with E-state index in [2.05, 4.69) is 10.3 Å². The zero-order valence-corrected chi connectivity index (χ0v) is 10.5. The number of carbonyl (C=O) groups is 1. The van der Waals surface area contributed by atoms with E-state index in [4.69, 9.17) is 10.5 Å². The number of thiazole rings is 1. The van der Waals surface area contributed by atoms with Gasteiger partial charge >= 0.3 is 0 Å². The number of ether oxygens (including phenoxy) is 1. The lowest BCUT2D eigenvalue weighted by Crippen LogP contribution is -2.48. The number of hydrogen-bond acceptors (Lipinski definition) is 5. The first-order valence-electron chi connectivity index (χ1n) is 5.71. The maximum absolute atomic E-state index is 12.2. The summed E-state index contributed by atoms with van der Waals surface area (Å²) in [5.41, 5.74) is 5.31. The highest BCUT2D eigenvalue weighted by Gasteiger charge is 2.38. The van der Waals surface area contributed by atoms with Gasteiger partial charge in [-0.2, -0.15) is 0 Å². The maximum Gasteiger partial charge on any atom is 0.228 e. The number of amides is 1. The van der Waals surface area contributed by atoms with E-state index in [1.165, 1.54) is 11.3 Å². The summed E-state index contributed by atoms with van der Waals surface area (Å²) in [5.74, 6) is 0.0264. The van der Waals surface area contributed by atoms with E-state index in [-0.39, 0.29) is 5.91 Å². The minimum absolute atomic E-state index is 0.0264. The number of nitrogens with zero attached hydrogens (tertiary/aromatic N) is 1. The topological polar surface area (TPSA) is 77.2 Å². The Bertz CT molecular complexity index is 361. The fourth-order valence-electron chi connectivity index (χ4n) is 1.97. The van der Waals surface area contributed by atoms with E-state index in [0.29, 0.717) is 39.1 Å². The first-order chi connectivity index (χ1) is 8.27. The van der Waals surface area contributed by atoms with Gasteiger partial charge in [-0.15, -0.1) is 11.3 Å². The lowest BCUT2D eigenvalue weighted by atomic mass is 9.79. The van der Waals surface area contributed by atoms with Gasteiger partial charge in [0.2, 0.25) is 5.91 Å². The fourth-order valence-corrected chi connectivity index (χ4v) is 2.53. The van der Waals surface area contributed by atoms with Crippen molar-refractivity contribution >= 4 is 17.2 Å². The number of rotatable bonds is 4. The summed E-state index contributed by atoms with van der Waals surface area (Å²) in [6.45, 7) is 2.09. The van der Waals surface area contributed by atoms with Crippen LogP contribution < -0.4 is 11.1 Å². The van der Waals surface area contributed by atoms with Crippen LogP contribution >= 0.6 is 11.3 Å². The lowest BCUT2D eigenvalue weighted by molar-refractivity contribution is -0.136. The molecule has 1 aromatic rings. The molecule has 2 rings (SSSR count). The van der Waals surface area contributed by atoms with Crippen LogP contribution in [-0.2, 0) is 16.1 Å². The number of carbonyl (C=O) groups excluding carboxylic acids is 1. The van der Waals surface area contributed by atoms with Crippen LogP contribution in [0.5, 0.6) is 0 Å². The van der Waals surface area contributed by atoms with E-state index >= 15 is 0 Å². The van der Waals surface area contributed by atoms with Crippen LogP contribution in [0.15, 0.2) is 11.6 Å². The highest BCUT2D eigenvalue weighted by molar-refractivity contribution is 7.09. The molecule has 3 N–H and O–H groups in total. The minimum atomic E-state index is -0.449. The van der Waals surface area contributed by atoms with Crippen molar-refractivity contribution in [3.8, 4) is 0 Å². The fraction of sp³-hybridized carbons (Fsp3) is 0.636. The molecule has 0 saturated carbocycles. The summed E-state index contributed by atoms with van der Waals surface area (Å²) in [4.78, 5) is 16.3. The molecule has 0 bridgehead atoms. The Labute approximate surface area is 104 Å². The standard InChI is InChI=1S/C11H17N3O2S/c12-8-11(1-4-16-5-2-11)10(15)14-7-9-13-3-6-17-9/h3,6H,1-2,4-5,7-8,12H2,(H,14,15). The summed E-state index contributed by atoms with van der Waals surface area (Å²) in [5, 5.41) is 5.73. The highest BCUT2D eigenvalue weighted by atomic mass is 32.1. The molecule has 0 unspecified atom stereocenters. The first kappa shape index (κ1) is 12.5. The molecule has 2 heterocycles. The summed E-state index contributed by atoms with van der Waals surface area (Å²) < 4.78 is 5.28. The van der Waals surface area contributed by atoms with Gasteiger partial charge in [0.05, 0.1) is 12.0 Å². The molecule has 0 spiro atoms. The van der Waals surface area contributed by atoms with E-state index in [1.54, 1.807) is 6.20 Å². The number of aromatic nitrogens is 1. The second kappa shape index (κ2) is 5.57. The van der Waals surface area contributed by atoms with Crippen LogP contribution in [0.3, 0.4) is 0 Å². The van der Waals surface area contributed by atoms with Gasteiger partial charge in [0.25, 0.3) is 0 Å². The van der Waals surface area contributed by atoms with Gasteiger partial charge < -0.3 is 15.8 Å². The summed E-state index contributed by atoms with van der Waals surface area (Å²) in [6.07, 6.45) is 3.14. The van der Waals surface area contributed by atoms with Crippen molar-refractivity contribution in [3.05, 3.63) is 16.6 Å². The molecule has 0 atom stereocenters. The summed E-state index contributed by atoms with van der Waals surface area (Å²) >= 11 is 1.54. The quantitative estimate of drug-likeness (QED) is 0.822. The predicted octanol–water partition coefficient (Wildman–Crippen LogP) is 0.515. The van der Waals surface area contributed by atoms with Crippen molar-refractivity contribution in [3.63, 3.8) is 0 Å². The van der Waals surface area contributed by atoms with Crippen molar-refractivity contribution in [1.82, 2.24) is 10.3 Å². The van der Waals surface area contributed by atoms with Crippen LogP contribution in [0.2, 0.25) is 0 Å². The molecule has 6 heteroatoms. The van der Waals surface area contributed by atoms with Gasteiger partial charge in [-0.05, 0) is 12.8 Å². The lowest BCUT2D eigenvalue weighted by Gasteiger charge is -2.34. The molecule has 1 aromatic heterocycles. The van der Waals surface area contributed by atoms with Crippen LogP contribution in [0.4, 0.5) is 0 Å². The summed E-state index contributed by atoms with van der Waals surface area (Å²) in [7, 11) is 0. The molecule has 5 nitrogen and oxygen atoms in total. The average molecular weight is 255 g/mol. The van der Waals surface area contributed by atoms with Crippen LogP contribution in [0.25, 0.3) is 0 Å². The van der Waals surface area contributed by atoms with E-state index in [9.17, 15) is 4.79 Å². The average Bonchev–Trinajstić information content (AvgIpc) is 2.90. The second-order valence-electron chi connectivity index (χ2n) is 4.21. The van der Waals surface area contributed by atoms with Crippen molar-refractivity contribution < 1.29 is 9.53 Å². The Balaban J connectivity index is 1.93. The van der Waals surface area contributed by atoms with E-state index in [0.717, 1.165) is 5.01 Å². The van der Waals surface area contributed by atoms with E-state index in [1.807, 2.05) is 5.38 Å². The molecule has 1 aliphatic rings. The molecule has 0 aliphatic carbocycles. The van der Waals surface area contributed by atoms with Crippen LogP contribution in [0.1, 0.15) is 17.8 Å². The van der Waals surface area contributed by atoms with Gasteiger partial charge in [0.15, 0.2) is 0 Å². The number of nitrogens with one attached hydrogen (secondary N) is 1. The maximum atomic E-state index is 12.2. The van der Waals surface area contributed by atoms with Crippen molar-refractivity contribution in [1.29, 1.82) is 0 Å². The second-order valence-corrected chi connectivity index (χ2v) is 5.18. The Morgan fingerprint density at radius 1 is 1.59 bits per heavy atom. The zero-order chi connectivity index (χ0) is 12.1. The molecule has 0 aromatic carbocycles. The molecule has 1 amide bonds. The molecular formula is C11H17N3O2S. The van der Waals surface area contributed by atoms with Crippen molar-refractivity contribution in [2.75, 3.05) is 19.8 Å². The van der Waals surface area contributed by atoms with Crippen molar-refractivity contribution in [2.45, 2.75) is 19.4 Å². The van der Waals surface area contributed by atoms with Gasteiger partial charge in [0, 0.05) is 31.3 Å². The monoisotopic (exact) mass is 255 g/mol. The van der Waals surface area contributed by atoms with Gasteiger partial charge in [-0.3, -0.25) is 4.79 Å². The normalized spacial score (nSPS) is 18.9. The number of nitrogens with two attached hydrogens (primary N) is 1. The van der Waals surface area contributed by atoms with Crippen LogP contribution in [-0.4, -0.2) is 30.6 Å². The third-order valence-electron chi connectivity index (χ3n) is 3.21. The molecule has 94 valence electrons. The Morgan fingerprint density at radius 3 is 2.94 bits per heavy atom. The highest BCUT2D eigenvalue weighted by Crippen LogP contribution is 2.29. The Hall–Kier alpha value is -0.980. The molecule has 1 aliphatic heterocycles. The predicted molar refractivity (Wildman–Crippen MR) is 65.5 cm³/mol. The third-order valence-corrected chi connectivity index (χ3v) is 3.99. The Kier molecular flexibility index (Phi) is 4.09. The van der Waals surface area contributed by atoms with Crippen LogP contribution in [0, 0.1) is 5.41 Å². The van der Waals surface area contributed by atoms with Gasteiger partial charge in [-0.1, -0.05) is 0 Å². The molecule has 0 radical (unpaired) electrons. The molecular weight excluding hydrogens is 238 g/mol. The molecule has 1 fully saturated rings. The smallest absolute Gasteiger partial charge is 0.228 e. The Morgan fingerprint density at radius 2 is 2.35 bits per heavy atom. The van der Waals surface area contributed by atoms with Gasteiger partial charge in [-0.25, -0.2) is 4.98 Å². The minimum Gasteiger partial charge on any atom is -0.381 e. The van der Waals surface area contributed by atoms with Crippen molar-refractivity contribution in [2.24, 2.45) is 11.1 Å². The SMILES string of the molecule is NCC1(C(=O)NCc2nccs2)CCOCC1. The third kappa shape index (κ3) is 2.83. The summed E-state index contributed by atoms with van der Waals surface area (Å²) in [6, 6.07) is 0. The van der Waals surface area contributed by atoms with E-state index < -0.39 is 5.41 Å². The number of hydrogen-bond donors (Lipinski definition) is 2. The molecule has 1 saturated heterocycles. The molecule has 17 heavy (non-hydrogen) atoms.